The Morgan fingerprint density at radius 2 is 1.73 bits per heavy atom. The minimum absolute atomic E-state index is 0.0550. The van der Waals surface area contributed by atoms with Gasteiger partial charge in [-0.05, 0) is 43.9 Å². The van der Waals surface area contributed by atoms with Crippen LogP contribution in [0.1, 0.15) is 43.1 Å². The lowest BCUT2D eigenvalue weighted by Gasteiger charge is -2.37. The number of hydrogen-bond donors (Lipinski definition) is 1. The third-order valence-electron chi connectivity index (χ3n) is 8.85. The number of fused-ring (bicyclic) bond motifs is 4. The summed E-state index contributed by atoms with van der Waals surface area (Å²) < 4.78 is 7.33. The zero-order chi connectivity index (χ0) is 30.0. The summed E-state index contributed by atoms with van der Waals surface area (Å²) in [6, 6.07) is 25.5. The number of nitrogens with zero attached hydrogens (tertiary/aromatic N) is 6. The van der Waals surface area contributed by atoms with E-state index >= 15 is 0 Å². The first-order valence-corrected chi connectivity index (χ1v) is 15.3. The standard InChI is InChI=1S/C34H35N7O3/c1-44-20-18-24-13-9-10-19-39(24)31(42)22-40-29-16-7-8-17-30(29)41-32(23-11-3-2-4-12-23)37-38-33(41)26(34(40)43)21-28-25-14-5-6-15-27(25)35-36-28/h2-8,11-12,14-17,24,26H,9-10,13,18-22H2,1H3,(H,35,36)/t24?,26-/m0/s1. The van der Waals surface area contributed by atoms with Gasteiger partial charge in [0, 0.05) is 49.4 Å². The van der Waals surface area contributed by atoms with Gasteiger partial charge in [0.25, 0.3) is 0 Å². The number of methoxy groups -OCH3 is 1. The zero-order valence-corrected chi connectivity index (χ0v) is 24.7. The zero-order valence-electron chi connectivity index (χ0n) is 24.7. The molecule has 0 bridgehead atoms. The van der Waals surface area contributed by atoms with Crippen LogP contribution in [0.2, 0.25) is 0 Å². The van der Waals surface area contributed by atoms with Crippen molar-refractivity contribution in [2.45, 2.75) is 44.1 Å². The molecule has 1 saturated heterocycles. The molecule has 1 unspecified atom stereocenters. The fourth-order valence-electron chi connectivity index (χ4n) is 6.66. The predicted molar refractivity (Wildman–Crippen MR) is 168 cm³/mol. The van der Waals surface area contributed by atoms with Crippen molar-refractivity contribution in [2.75, 3.05) is 31.7 Å². The van der Waals surface area contributed by atoms with Crippen LogP contribution in [0.25, 0.3) is 28.0 Å². The Morgan fingerprint density at radius 3 is 2.57 bits per heavy atom. The molecular formula is C34H35N7O3. The van der Waals surface area contributed by atoms with E-state index in [4.69, 9.17) is 4.74 Å². The molecule has 7 rings (SSSR count). The molecule has 2 atom stereocenters. The van der Waals surface area contributed by atoms with Gasteiger partial charge in [-0.3, -0.25) is 19.3 Å². The molecule has 5 aromatic rings. The Hall–Kier alpha value is -4.83. The van der Waals surface area contributed by atoms with Crippen LogP contribution < -0.4 is 4.90 Å². The molecule has 10 heteroatoms. The number of benzene rings is 3. The van der Waals surface area contributed by atoms with Gasteiger partial charge >= 0.3 is 0 Å². The molecule has 224 valence electrons. The van der Waals surface area contributed by atoms with E-state index in [2.05, 4.69) is 20.4 Å². The van der Waals surface area contributed by atoms with Gasteiger partial charge in [-0.1, -0.05) is 60.7 Å². The number of carbonyl (C=O) groups excluding carboxylic acids is 2. The van der Waals surface area contributed by atoms with Gasteiger partial charge in [-0.15, -0.1) is 10.2 Å². The van der Waals surface area contributed by atoms with Crippen LogP contribution in [0.4, 0.5) is 5.69 Å². The van der Waals surface area contributed by atoms with E-state index in [-0.39, 0.29) is 24.4 Å². The predicted octanol–water partition coefficient (Wildman–Crippen LogP) is 4.90. The number of carbonyl (C=O) groups is 2. The highest BCUT2D eigenvalue weighted by atomic mass is 16.5. The molecule has 4 heterocycles. The maximum absolute atomic E-state index is 14.8. The molecule has 2 aliphatic heterocycles. The smallest absolute Gasteiger partial charge is 0.242 e. The fraction of sp³-hybridized carbons (Fsp3) is 0.324. The number of anilines is 1. The fourth-order valence-corrected chi connectivity index (χ4v) is 6.66. The topological polar surface area (TPSA) is 109 Å². The first kappa shape index (κ1) is 28.0. The second-order valence-electron chi connectivity index (χ2n) is 11.5. The molecule has 0 spiro atoms. The second-order valence-corrected chi connectivity index (χ2v) is 11.5. The molecule has 3 aromatic carbocycles. The first-order chi connectivity index (χ1) is 21.6. The minimum atomic E-state index is -0.713. The van der Waals surface area contributed by atoms with Crippen molar-refractivity contribution in [1.82, 2.24) is 29.9 Å². The number of piperidine rings is 1. The number of rotatable bonds is 8. The van der Waals surface area contributed by atoms with Crippen molar-refractivity contribution >= 4 is 28.4 Å². The molecule has 0 saturated carbocycles. The molecule has 10 nitrogen and oxygen atoms in total. The van der Waals surface area contributed by atoms with Gasteiger partial charge in [-0.2, -0.15) is 5.10 Å². The van der Waals surface area contributed by atoms with Crippen molar-refractivity contribution in [3.8, 4) is 17.1 Å². The van der Waals surface area contributed by atoms with Crippen molar-refractivity contribution < 1.29 is 14.3 Å². The van der Waals surface area contributed by atoms with E-state index in [0.717, 1.165) is 53.5 Å². The van der Waals surface area contributed by atoms with E-state index in [1.165, 1.54) is 0 Å². The lowest BCUT2D eigenvalue weighted by molar-refractivity contribution is -0.135. The Bertz CT molecular complexity index is 1800. The molecule has 1 N–H and O–H groups in total. The molecule has 2 aliphatic rings. The third-order valence-corrected chi connectivity index (χ3v) is 8.85. The van der Waals surface area contributed by atoms with E-state index in [1.807, 2.05) is 88.3 Å². The average molecular weight is 590 g/mol. The average Bonchev–Trinajstić information content (AvgIpc) is 3.68. The number of aromatic amines is 1. The van der Waals surface area contributed by atoms with Crippen molar-refractivity contribution in [3.05, 3.63) is 90.4 Å². The van der Waals surface area contributed by atoms with Gasteiger partial charge in [0.05, 0.1) is 16.9 Å². The van der Waals surface area contributed by atoms with Crippen molar-refractivity contribution in [3.63, 3.8) is 0 Å². The molecule has 2 amide bonds. The van der Waals surface area contributed by atoms with Gasteiger partial charge in [-0.25, -0.2) is 0 Å². The maximum Gasteiger partial charge on any atom is 0.242 e. The van der Waals surface area contributed by atoms with Crippen LogP contribution in [0.5, 0.6) is 0 Å². The molecule has 1 fully saturated rings. The van der Waals surface area contributed by atoms with Gasteiger partial charge in [0.15, 0.2) is 11.6 Å². The first-order valence-electron chi connectivity index (χ1n) is 15.3. The summed E-state index contributed by atoms with van der Waals surface area (Å²) in [6.07, 6.45) is 4.09. The summed E-state index contributed by atoms with van der Waals surface area (Å²) in [4.78, 5) is 32.4. The largest absolute Gasteiger partial charge is 0.385 e. The SMILES string of the molecule is COCCC1CCCCN1C(=O)CN1C(=O)[C@@H](Cc2[nH]nc3ccccc23)c2nnc(-c3ccccc3)n2-c2ccccc21. The van der Waals surface area contributed by atoms with Crippen LogP contribution in [0, 0.1) is 0 Å². The van der Waals surface area contributed by atoms with Crippen LogP contribution in [-0.4, -0.2) is 74.5 Å². The Morgan fingerprint density at radius 1 is 0.955 bits per heavy atom. The molecule has 2 aromatic heterocycles. The third kappa shape index (κ3) is 5.05. The molecule has 0 radical (unpaired) electrons. The summed E-state index contributed by atoms with van der Waals surface area (Å²) in [5.41, 5.74) is 3.98. The number of aromatic nitrogens is 5. The van der Waals surface area contributed by atoms with Crippen LogP contribution in [0.15, 0.2) is 78.9 Å². The summed E-state index contributed by atoms with van der Waals surface area (Å²) in [7, 11) is 1.69. The maximum atomic E-state index is 14.8. The highest BCUT2D eigenvalue weighted by molar-refractivity contribution is 6.05. The lowest BCUT2D eigenvalue weighted by atomic mass is 9.98. The summed E-state index contributed by atoms with van der Waals surface area (Å²) >= 11 is 0. The van der Waals surface area contributed by atoms with Gasteiger partial charge in [0.1, 0.15) is 12.5 Å². The van der Waals surface area contributed by atoms with E-state index < -0.39 is 5.92 Å². The highest BCUT2D eigenvalue weighted by Gasteiger charge is 2.40. The van der Waals surface area contributed by atoms with Crippen LogP contribution in [-0.2, 0) is 20.7 Å². The van der Waals surface area contributed by atoms with E-state index in [9.17, 15) is 9.59 Å². The highest BCUT2D eigenvalue weighted by Crippen LogP contribution is 2.39. The van der Waals surface area contributed by atoms with Crippen molar-refractivity contribution in [2.24, 2.45) is 0 Å². The Kier molecular flexibility index (Phi) is 7.66. The summed E-state index contributed by atoms with van der Waals surface area (Å²) in [5.74, 6) is 0.214. The quantitative estimate of drug-likeness (QED) is 0.276. The lowest BCUT2D eigenvalue weighted by Crippen LogP contribution is -2.50. The minimum Gasteiger partial charge on any atom is -0.385 e. The van der Waals surface area contributed by atoms with Gasteiger partial charge in [0.2, 0.25) is 11.8 Å². The van der Waals surface area contributed by atoms with Crippen molar-refractivity contribution in [1.29, 1.82) is 0 Å². The van der Waals surface area contributed by atoms with Crippen LogP contribution >= 0.6 is 0 Å². The monoisotopic (exact) mass is 589 g/mol. The van der Waals surface area contributed by atoms with Gasteiger partial charge < -0.3 is 14.5 Å². The van der Waals surface area contributed by atoms with Crippen LogP contribution in [0.3, 0.4) is 0 Å². The van der Waals surface area contributed by atoms with E-state index in [1.54, 1.807) is 12.0 Å². The number of nitrogens with one attached hydrogen (secondary N) is 1. The number of hydrogen-bond acceptors (Lipinski definition) is 6. The summed E-state index contributed by atoms with van der Waals surface area (Å²) in [5, 5.41) is 17.9. The molecule has 44 heavy (non-hydrogen) atoms. The number of amides is 2. The number of H-pyrrole nitrogens is 1. The molecular weight excluding hydrogens is 554 g/mol. The Labute approximate surface area is 255 Å². The number of likely N-dealkylation sites (tertiary alicyclic amines) is 1. The molecule has 0 aliphatic carbocycles. The second kappa shape index (κ2) is 12.0. The Balaban J connectivity index is 1.33. The number of para-hydroxylation sites is 3. The number of ether oxygens (including phenoxy) is 1. The van der Waals surface area contributed by atoms with E-state index in [0.29, 0.717) is 36.9 Å². The normalized spacial score (nSPS) is 18.2. The summed E-state index contributed by atoms with van der Waals surface area (Å²) in [6.45, 7) is 1.22.